The van der Waals surface area contributed by atoms with E-state index in [1.54, 1.807) is 0 Å². The number of ether oxygens (including phenoxy) is 1. The molecule has 4 nitrogen and oxygen atoms in total. The minimum atomic E-state index is -0.709. The van der Waals surface area contributed by atoms with Crippen molar-refractivity contribution in [2.45, 2.75) is 19.3 Å². The number of methoxy groups -OCH3 is 1. The van der Waals surface area contributed by atoms with Crippen molar-refractivity contribution in [3.63, 3.8) is 0 Å². The third-order valence-corrected chi connectivity index (χ3v) is 3.46. The molecule has 0 aliphatic carbocycles. The summed E-state index contributed by atoms with van der Waals surface area (Å²) in [5.74, 6) is -1.42. The lowest BCUT2D eigenvalue weighted by Crippen LogP contribution is -2.16. The molecule has 1 aliphatic heterocycles. The van der Waals surface area contributed by atoms with Gasteiger partial charge in [0, 0.05) is 18.6 Å². The largest absolute Gasteiger partial charge is 0.494 e. The van der Waals surface area contributed by atoms with Gasteiger partial charge in [-0.05, 0) is 31.8 Å². The first-order chi connectivity index (χ1) is 9.60. The molecule has 0 spiro atoms. The molecule has 1 fully saturated rings. The Kier molecular flexibility index (Phi) is 4.89. The lowest BCUT2D eigenvalue weighted by molar-refractivity contribution is -0.116. The summed E-state index contributed by atoms with van der Waals surface area (Å²) in [5, 5.41) is 5.62. The second kappa shape index (κ2) is 6.65. The average molecular weight is 284 g/mol. The van der Waals surface area contributed by atoms with Crippen molar-refractivity contribution in [2.24, 2.45) is 5.92 Å². The van der Waals surface area contributed by atoms with Crippen molar-refractivity contribution in [2.75, 3.05) is 25.5 Å². The lowest BCUT2D eigenvalue weighted by Gasteiger charge is -2.10. The fraction of sp³-hybridized carbons (Fsp3) is 0.500. The normalized spacial score (nSPS) is 18.1. The number of carbonyl (C=O) groups excluding carboxylic acids is 1. The van der Waals surface area contributed by atoms with E-state index >= 15 is 0 Å². The molecule has 6 heteroatoms. The predicted octanol–water partition coefficient (Wildman–Crippen LogP) is 2.30. The average Bonchev–Trinajstić information content (AvgIpc) is 2.93. The monoisotopic (exact) mass is 284 g/mol. The van der Waals surface area contributed by atoms with Gasteiger partial charge < -0.3 is 15.4 Å². The molecule has 1 aromatic rings. The van der Waals surface area contributed by atoms with Gasteiger partial charge in [-0.15, -0.1) is 0 Å². The smallest absolute Gasteiger partial charge is 0.224 e. The maximum absolute atomic E-state index is 13.6. The number of benzene rings is 1. The van der Waals surface area contributed by atoms with Crippen molar-refractivity contribution in [3.8, 4) is 5.75 Å². The van der Waals surface area contributed by atoms with Crippen LogP contribution in [-0.4, -0.2) is 26.1 Å². The lowest BCUT2D eigenvalue weighted by atomic mass is 10.0. The Morgan fingerprint density at radius 3 is 2.90 bits per heavy atom. The Bertz CT molecular complexity index is 488. The Hall–Kier alpha value is -1.69. The minimum Gasteiger partial charge on any atom is -0.494 e. The van der Waals surface area contributed by atoms with Gasteiger partial charge in [-0.25, -0.2) is 8.78 Å². The molecule has 110 valence electrons. The van der Waals surface area contributed by atoms with Crippen molar-refractivity contribution >= 4 is 11.6 Å². The van der Waals surface area contributed by atoms with Crippen molar-refractivity contribution in [1.82, 2.24) is 5.32 Å². The second-order valence-corrected chi connectivity index (χ2v) is 4.91. The SMILES string of the molecule is COc1cc(F)c(NC(=O)CCC2CCNC2)cc1F. The molecular weight excluding hydrogens is 266 g/mol. The summed E-state index contributed by atoms with van der Waals surface area (Å²) in [7, 11) is 1.26. The topological polar surface area (TPSA) is 50.4 Å². The number of anilines is 1. The van der Waals surface area contributed by atoms with Crippen LogP contribution in [0.1, 0.15) is 19.3 Å². The van der Waals surface area contributed by atoms with Crippen molar-refractivity contribution in [1.29, 1.82) is 0 Å². The maximum Gasteiger partial charge on any atom is 0.224 e. The Balaban J connectivity index is 1.91. The Labute approximate surface area is 116 Å². The molecule has 1 saturated heterocycles. The van der Waals surface area contributed by atoms with Crippen LogP contribution in [0.3, 0.4) is 0 Å². The highest BCUT2D eigenvalue weighted by atomic mass is 19.1. The van der Waals surface area contributed by atoms with E-state index in [9.17, 15) is 13.6 Å². The van der Waals surface area contributed by atoms with Gasteiger partial charge in [-0.2, -0.15) is 0 Å². The number of carbonyl (C=O) groups is 1. The molecule has 20 heavy (non-hydrogen) atoms. The molecule has 1 aliphatic rings. The fourth-order valence-corrected chi connectivity index (χ4v) is 2.29. The molecule has 2 rings (SSSR count). The highest BCUT2D eigenvalue weighted by Crippen LogP contribution is 2.25. The molecule has 0 bridgehead atoms. The van der Waals surface area contributed by atoms with Crippen LogP contribution in [0.15, 0.2) is 12.1 Å². The number of hydrogen-bond acceptors (Lipinski definition) is 3. The summed E-state index contributed by atoms with van der Waals surface area (Å²) < 4.78 is 31.8. The van der Waals surface area contributed by atoms with E-state index in [0.29, 0.717) is 12.3 Å². The maximum atomic E-state index is 13.6. The molecule has 1 unspecified atom stereocenters. The molecular formula is C14H18F2N2O2. The van der Waals surface area contributed by atoms with Crippen LogP contribution in [0.5, 0.6) is 5.75 Å². The number of halogens is 2. The van der Waals surface area contributed by atoms with E-state index in [-0.39, 0.29) is 17.3 Å². The molecule has 1 heterocycles. The van der Waals surface area contributed by atoms with Crippen LogP contribution in [0.4, 0.5) is 14.5 Å². The van der Waals surface area contributed by atoms with E-state index in [4.69, 9.17) is 0 Å². The number of rotatable bonds is 5. The van der Waals surface area contributed by atoms with E-state index in [1.807, 2.05) is 0 Å². The molecule has 2 N–H and O–H groups in total. The van der Waals surface area contributed by atoms with Crippen LogP contribution in [0, 0.1) is 17.6 Å². The number of amides is 1. The van der Waals surface area contributed by atoms with Crippen LogP contribution in [0.25, 0.3) is 0 Å². The van der Waals surface area contributed by atoms with Gasteiger partial charge in [0.05, 0.1) is 12.8 Å². The third-order valence-electron chi connectivity index (χ3n) is 3.46. The van der Waals surface area contributed by atoms with E-state index in [0.717, 1.165) is 38.1 Å². The fourth-order valence-electron chi connectivity index (χ4n) is 2.29. The summed E-state index contributed by atoms with van der Waals surface area (Å²) in [6, 6.07) is 1.86. The summed E-state index contributed by atoms with van der Waals surface area (Å²) >= 11 is 0. The van der Waals surface area contributed by atoms with Crippen molar-refractivity contribution < 1.29 is 18.3 Å². The highest BCUT2D eigenvalue weighted by molar-refractivity contribution is 5.90. The van der Waals surface area contributed by atoms with Gasteiger partial charge >= 0.3 is 0 Å². The summed E-state index contributed by atoms with van der Waals surface area (Å²) in [6.45, 7) is 1.89. The molecule has 0 saturated carbocycles. The quantitative estimate of drug-likeness (QED) is 0.872. The van der Waals surface area contributed by atoms with Crippen molar-refractivity contribution in [3.05, 3.63) is 23.8 Å². The molecule has 1 aromatic carbocycles. The Morgan fingerprint density at radius 2 is 2.25 bits per heavy atom. The summed E-state index contributed by atoms with van der Waals surface area (Å²) in [4.78, 5) is 11.7. The van der Waals surface area contributed by atoms with Crippen LogP contribution >= 0.6 is 0 Å². The number of nitrogens with one attached hydrogen (secondary N) is 2. The third kappa shape index (κ3) is 3.66. The van der Waals surface area contributed by atoms with Gasteiger partial charge in [0.2, 0.25) is 5.91 Å². The summed E-state index contributed by atoms with van der Waals surface area (Å²) in [5.41, 5.74) is -0.155. The zero-order chi connectivity index (χ0) is 14.5. The van der Waals surface area contributed by atoms with Gasteiger partial charge in [0.25, 0.3) is 0 Å². The van der Waals surface area contributed by atoms with Crippen LogP contribution < -0.4 is 15.4 Å². The van der Waals surface area contributed by atoms with Gasteiger partial charge in [-0.3, -0.25) is 4.79 Å². The van der Waals surface area contributed by atoms with Crippen LogP contribution in [0.2, 0.25) is 0 Å². The standard InChI is InChI=1S/C14H18F2N2O2/c1-20-13-7-10(15)12(6-11(13)16)18-14(19)3-2-9-4-5-17-8-9/h6-7,9,17H,2-5,8H2,1H3,(H,18,19). The Morgan fingerprint density at radius 1 is 1.45 bits per heavy atom. The summed E-state index contributed by atoms with van der Waals surface area (Å²) in [6.07, 6.45) is 2.11. The molecule has 0 aromatic heterocycles. The van der Waals surface area contributed by atoms with E-state index < -0.39 is 11.6 Å². The van der Waals surface area contributed by atoms with Crippen LogP contribution in [-0.2, 0) is 4.79 Å². The van der Waals surface area contributed by atoms with E-state index in [2.05, 4.69) is 15.4 Å². The molecule has 0 radical (unpaired) electrons. The number of hydrogen-bond donors (Lipinski definition) is 2. The predicted molar refractivity (Wildman–Crippen MR) is 71.8 cm³/mol. The molecule has 1 atom stereocenters. The zero-order valence-corrected chi connectivity index (χ0v) is 11.3. The second-order valence-electron chi connectivity index (χ2n) is 4.91. The first-order valence-corrected chi connectivity index (χ1v) is 6.63. The minimum absolute atomic E-state index is 0.155. The first kappa shape index (κ1) is 14.7. The molecule has 1 amide bonds. The zero-order valence-electron chi connectivity index (χ0n) is 11.3. The van der Waals surface area contributed by atoms with Gasteiger partial charge in [0.1, 0.15) is 0 Å². The highest BCUT2D eigenvalue weighted by Gasteiger charge is 2.17. The van der Waals surface area contributed by atoms with Gasteiger partial charge in [0.15, 0.2) is 17.4 Å². The van der Waals surface area contributed by atoms with E-state index in [1.165, 1.54) is 7.11 Å². The van der Waals surface area contributed by atoms with Gasteiger partial charge in [-0.1, -0.05) is 0 Å². The first-order valence-electron chi connectivity index (χ1n) is 6.63.